The van der Waals surface area contributed by atoms with Crippen LogP contribution < -0.4 is 0 Å². The van der Waals surface area contributed by atoms with E-state index in [0.717, 1.165) is 0 Å². The van der Waals surface area contributed by atoms with Gasteiger partial charge in [-0.2, -0.15) is 5.10 Å². The zero-order valence-electron chi connectivity index (χ0n) is 11.2. The quantitative estimate of drug-likeness (QED) is 0.796. The number of carbonyl (C=O) groups excluding carboxylic acids is 1. The van der Waals surface area contributed by atoms with Gasteiger partial charge in [0.1, 0.15) is 17.8 Å². The van der Waals surface area contributed by atoms with E-state index in [1.54, 1.807) is 4.68 Å². The van der Waals surface area contributed by atoms with Crippen molar-refractivity contribution in [1.82, 2.24) is 19.7 Å². The molecule has 2 aromatic heterocycles. The van der Waals surface area contributed by atoms with Crippen LogP contribution in [0.4, 0.5) is 0 Å². The number of hydrogen-bond donors (Lipinski definition) is 0. The normalized spacial score (nSPS) is 11.1. The lowest BCUT2D eigenvalue weighted by Gasteiger charge is -2.08. The van der Waals surface area contributed by atoms with Gasteiger partial charge in [0.05, 0.1) is 16.5 Å². The van der Waals surface area contributed by atoms with Crippen molar-refractivity contribution in [1.29, 1.82) is 0 Å². The molecule has 7 heteroatoms. The highest BCUT2D eigenvalue weighted by Gasteiger charge is 2.17. The summed E-state index contributed by atoms with van der Waals surface area (Å²) in [5.41, 5.74) is 0.204. The molecule has 0 atom stereocenters. The van der Waals surface area contributed by atoms with Crippen LogP contribution >= 0.6 is 23.2 Å². The molecule has 0 aliphatic heterocycles. The average molecular weight is 313 g/mol. The van der Waals surface area contributed by atoms with Gasteiger partial charge in [-0.05, 0) is 12.0 Å². The lowest BCUT2D eigenvalue weighted by atomic mass is 10.2. The Bertz CT molecular complexity index is 625. The molecular formula is C13H14Cl2N4O. The maximum atomic E-state index is 12.2. The van der Waals surface area contributed by atoms with Crippen molar-refractivity contribution in [2.24, 2.45) is 5.92 Å². The van der Waals surface area contributed by atoms with Crippen molar-refractivity contribution < 1.29 is 4.79 Å². The van der Waals surface area contributed by atoms with Gasteiger partial charge in [-0.1, -0.05) is 37.0 Å². The van der Waals surface area contributed by atoms with E-state index in [1.165, 1.54) is 18.6 Å². The molecule has 5 nitrogen and oxygen atoms in total. The molecule has 0 radical (unpaired) electrons. The van der Waals surface area contributed by atoms with E-state index < -0.39 is 0 Å². The molecule has 2 aromatic rings. The van der Waals surface area contributed by atoms with Gasteiger partial charge in [-0.25, -0.2) is 14.6 Å². The highest BCUT2D eigenvalue weighted by atomic mass is 35.5. The fraction of sp³-hybridized carbons (Fsp3) is 0.385. The maximum absolute atomic E-state index is 12.2. The predicted molar refractivity (Wildman–Crippen MR) is 77.2 cm³/mol. The molecule has 20 heavy (non-hydrogen) atoms. The molecule has 0 N–H and O–H groups in total. The third-order valence-electron chi connectivity index (χ3n) is 2.62. The van der Waals surface area contributed by atoms with Crippen LogP contribution in [0.25, 0.3) is 0 Å². The summed E-state index contributed by atoms with van der Waals surface area (Å²) in [6.45, 7) is 4.86. The zero-order valence-corrected chi connectivity index (χ0v) is 12.7. The molecule has 0 saturated heterocycles. The summed E-state index contributed by atoms with van der Waals surface area (Å²) in [6, 6.07) is 1.50. The lowest BCUT2D eigenvalue weighted by Crippen LogP contribution is -2.15. The Morgan fingerprint density at radius 1 is 1.35 bits per heavy atom. The van der Waals surface area contributed by atoms with Crippen molar-refractivity contribution >= 4 is 29.0 Å². The second-order valence-corrected chi connectivity index (χ2v) is 5.68. The van der Waals surface area contributed by atoms with Crippen LogP contribution in [0.2, 0.25) is 10.0 Å². The highest BCUT2D eigenvalue weighted by molar-refractivity contribution is 6.36. The van der Waals surface area contributed by atoms with E-state index in [-0.39, 0.29) is 22.9 Å². The van der Waals surface area contributed by atoms with Gasteiger partial charge in [-0.3, -0.25) is 4.79 Å². The summed E-state index contributed by atoms with van der Waals surface area (Å²) < 4.78 is 1.73. The monoisotopic (exact) mass is 312 g/mol. The Hall–Kier alpha value is -1.46. The fourth-order valence-corrected chi connectivity index (χ4v) is 2.26. The number of hydrogen-bond acceptors (Lipinski definition) is 4. The van der Waals surface area contributed by atoms with Gasteiger partial charge in [0, 0.05) is 12.7 Å². The molecule has 2 heterocycles. The van der Waals surface area contributed by atoms with Crippen LogP contribution in [0.5, 0.6) is 0 Å². The molecule has 0 spiro atoms. The molecule has 106 valence electrons. The van der Waals surface area contributed by atoms with Gasteiger partial charge >= 0.3 is 0 Å². The van der Waals surface area contributed by atoms with Gasteiger partial charge in [0.15, 0.2) is 5.78 Å². The first kappa shape index (κ1) is 14.9. The van der Waals surface area contributed by atoms with Crippen LogP contribution in [-0.4, -0.2) is 25.5 Å². The van der Waals surface area contributed by atoms with Crippen LogP contribution in [0.15, 0.2) is 18.6 Å². The minimum Gasteiger partial charge on any atom is -0.292 e. The minimum atomic E-state index is -0.204. The number of Topliss-reactive ketones (excluding diaryl/α,β-unsaturated/α-hetero) is 1. The number of halogens is 2. The highest BCUT2D eigenvalue weighted by Crippen LogP contribution is 2.19. The molecule has 0 saturated carbocycles. The minimum absolute atomic E-state index is 0.112. The SMILES string of the molecule is CC(C)Cn1ncnc1CC(=O)c1ncc(Cl)cc1Cl. The Balaban J connectivity index is 2.17. The third kappa shape index (κ3) is 3.55. The van der Waals surface area contributed by atoms with Crippen molar-refractivity contribution in [2.45, 2.75) is 26.8 Å². The van der Waals surface area contributed by atoms with E-state index in [0.29, 0.717) is 23.3 Å². The first-order valence-electron chi connectivity index (χ1n) is 6.18. The second-order valence-electron chi connectivity index (χ2n) is 4.84. The third-order valence-corrected chi connectivity index (χ3v) is 3.12. The standard InChI is InChI=1S/C13H14Cl2N4O/c1-8(2)6-19-12(17-7-18-19)4-11(20)13-10(15)3-9(14)5-16-13/h3,5,7-8H,4,6H2,1-2H3. The van der Waals surface area contributed by atoms with E-state index >= 15 is 0 Å². The molecule has 0 bridgehead atoms. The van der Waals surface area contributed by atoms with Gasteiger partial charge in [0.2, 0.25) is 0 Å². The van der Waals surface area contributed by atoms with Crippen LogP contribution in [0.1, 0.15) is 30.2 Å². The number of rotatable bonds is 5. The van der Waals surface area contributed by atoms with E-state index in [2.05, 4.69) is 28.9 Å². The van der Waals surface area contributed by atoms with Crippen molar-refractivity contribution in [2.75, 3.05) is 0 Å². The van der Waals surface area contributed by atoms with Crippen LogP contribution in [0.3, 0.4) is 0 Å². The zero-order chi connectivity index (χ0) is 14.7. The molecule has 0 aliphatic carbocycles. The van der Waals surface area contributed by atoms with E-state index in [4.69, 9.17) is 23.2 Å². The topological polar surface area (TPSA) is 60.7 Å². The maximum Gasteiger partial charge on any atom is 0.190 e. The molecule has 0 amide bonds. The summed E-state index contributed by atoms with van der Waals surface area (Å²) in [4.78, 5) is 20.3. The summed E-state index contributed by atoms with van der Waals surface area (Å²) in [6.07, 6.45) is 2.96. The van der Waals surface area contributed by atoms with Crippen molar-refractivity contribution in [3.63, 3.8) is 0 Å². The molecule has 2 rings (SSSR count). The second kappa shape index (κ2) is 6.33. The van der Waals surface area contributed by atoms with Gasteiger partial charge < -0.3 is 0 Å². The van der Waals surface area contributed by atoms with Crippen molar-refractivity contribution in [3.8, 4) is 0 Å². The summed E-state index contributed by atoms with van der Waals surface area (Å²) in [7, 11) is 0. The van der Waals surface area contributed by atoms with Crippen LogP contribution in [0, 0.1) is 5.92 Å². The summed E-state index contributed by atoms with van der Waals surface area (Å²) >= 11 is 11.7. The van der Waals surface area contributed by atoms with Crippen LogP contribution in [-0.2, 0) is 13.0 Å². The Morgan fingerprint density at radius 2 is 2.10 bits per heavy atom. The molecule has 0 unspecified atom stereocenters. The van der Waals surface area contributed by atoms with Crippen molar-refractivity contribution in [3.05, 3.63) is 40.2 Å². The Labute approximate surface area is 126 Å². The predicted octanol–water partition coefficient (Wildman–Crippen LogP) is 3.06. The molecular weight excluding hydrogens is 299 g/mol. The van der Waals surface area contributed by atoms with E-state index in [9.17, 15) is 4.79 Å². The smallest absolute Gasteiger partial charge is 0.190 e. The number of carbonyl (C=O) groups is 1. The average Bonchev–Trinajstić information content (AvgIpc) is 2.75. The summed E-state index contributed by atoms with van der Waals surface area (Å²) in [5, 5.41) is 4.76. The first-order chi connectivity index (χ1) is 9.47. The first-order valence-corrected chi connectivity index (χ1v) is 6.94. The fourth-order valence-electron chi connectivity index (χ4n) is 1.77. The van der Waals surface area contributed by atoms with E-state index in [1.807, 2.05) is 0 Å². The number of ketones is 1. The molecule has 0 fully saturated rings. The largest absolute Gasteiger partial charge is 0.292 e. The number of nitrogens with zero attached hydrogens (tertiary/aromatic N) is 4. The summed E-state index contributed by atoms with van der Waals surface area (Å²) in [5.74, 6) is 0.823. The van der Waals surface area contributed by atoms with Gasteiger partial charge in [-0.15, -0.1) is 0 Å². The Morgan fingerprint density at radius 3 is 2.75 bits per heavy atom. The van der Waals surface area contributed by atoms with Gasteiger partial charge in [0.25, 0.3) is 0 Å². The molecule has 0 aromatic carbocycles. The lowest BCUT2D eigenvalue weighted by molar-refractivity contribution is 0.0984. The number of pyridine rings is 1. The number of aromatic nitrogens is 4. The Kier molecular flexibility index (Phi) is 4.73. The molecule has 0 aliphatic rings.